The monoisotopic (exact) mass is 396 g/mol. The molecule has 1 amide bonds. The van der Waals surface area contributed by atoms with Crippen molar-refractivity contribution in [2.45, 2.75) is 12.8 Å². The largest absolute Gasteiger partial charge is 0.478 e. The smallest absolute Gasteiger partial charge is 0.257 e. The van der Waals surface area contributed by atoms with E-state index in [2.05, 4.69) is 15.2 Å². The Morgan fingerprint density at radius 2 is 1.96 bits per heavy atom. The third kappa shape index (κ3) is 3.87. The van der Waals surface area contributed by atoms with Gasteiger partial charge in [-0.2, -0.15) is 0 Å². The van der Waals surface area contributed by atoms with Crippen molar-refractivity contribution in [2.24, 2.45) is 5.92 Å². The zero-order chi connectivity index (χ0) is 19.5. The summed E-state index contributed by atoms with van der Waals surface area (Å²) in [6, 6.07) is 14.9. The van der Waals surface area contributed by atoms with Gasteiger partial charge in [0, 0.05) is 23.8 Å². The van der Waals surface area contributed by atoms with Crippen LogP contribution in [0.5, 0.6) is 5.88 Å². The van der Waals surface area contributed by atoms with Crippen LogP contribution in [-0.4, -0.2) is 36.1 Å². The van der Waals surface area contributed by atoms with Gasteiger partial charge in [0.15, 0.2) is 5.82 Å². The van der Waals surface area contributed by atoms with Crippen molar-refractivity contribution in [3.63, 3.8) is 0 Å². The van der Waals surface area contributed by atoms with Gasteiger partial charge in [-0.15, -0.1) is 0 Å². The number of nitrogens with zero attached hydrogens (tertiary/aromatic N) is 3. The van der Waals surface area contributed by atoms with E-state index in [0.717, 1.165) is 30.4 Å². The number of piperidine rings is 1. The third-order valence-electron chi connectivity index (χ3n) is 4.90. The SMILES string of the molecule is COc1nc2ccccc2nc1N1CCCC(C(=O)Nc2cccc(Cl)c2)C1. The van der Waals surface area contributed by atoms with Crippen LogP contribution in [0.15, 0.2) is 48.5 Å². The van der Waals surface area contributed by atoms with E-state index >= 15 is 0 Å². The molecule has 1 fully saturated rings. The second-order valence-corrected chi connectivity index (χ2v) is 7.27. The molecule has 7 heteroatoms. The van der Waals surface area contributed by atoms with Gasteiger partial charge in [0.05, 0.1) is 24.1 Å². The van der Waals surface area contributed by atoms with Crippen LogP contribution >= 0.6 is 11.6 Å². The minimum atomic E-state index is -0.147. The molecule has 2 aromatic carbocycles. The first-order chi connectivity index (χ1) is 13.6. The second kappa shape index (κ2) is 8.02. The lowest BCUT2D eigenvalue weighted by Crippen LogP contribution is -2.41. The van der Waals surface area contributed by atoms with Crippen LogP contribution in [-0.2, 0) is 4.79 Å². The first-order valence-electron chi connectivity index (χ1n) is 9.26. The number of fused-ring (bicyclic) bond motifs is 1. The van der Waals surface area contributed by atoms with E-state index in [1.165, 1.54) is 0 Å². The Bertz CT molecular complexity index is 1010. The summed E-state index contributed by atoms with van der Waals surface area (Å²) in [7, 11) is 1.59. The van der Waals surface area contributed by atoms with Crippen molar-refractivity contribution >= 4 is 40.0 Å². The number of halogens is 1. The van der Waals surface area contributed by atoms with E-state index in [9.17, 15) is 4.79 Å². The molecule has 1 atom stereocenters. The maximum atomic E-state index is 12.8. The summed E-state index contributed by atoms with van der Waals surface area (Å²) in [4.78, 5) is 24.2. The minimum absolute atomic E-state index is 0.0142. The number of anilines is 2. The molecule has 2 heterocycles. The molecule has 1 aliphatic rings. The summed E-state index contributed by atoms with van der Waals surface area (Å²) >= 11 is 6.01. The van der Waals surface area contributed by atoms with Crippen LogP contribution in [0.25, 0.3) is 11.0 Å². The van der Waals surface area contributed by atoms with Crippen molar-refractivity contribution in [1.29, 1.82) is 0 Å². The number of para-hydroxylation sites is 2. The summed E-state index contributed by atoms with van der Waals surface area (Å²) in [5.41, 5.74) is 2.30. The normalized spacial score (nSPS) is 16.8. The average Bonchev–Trinajstić information content (AvgIpc) is 2.73. The van der Waals surface area contributed by atoms with Gasteiger partial charge >= 0.3 is 0 Å². The number of nitrogens with one attached hydrogen (secondary N) is 1. The Hall–Kier alpha value is -2.86. The summed E-state index contributed by atoms with van der Waals surface area (Å²) in [6.07, 6.45) is 1.72. The number of hydrogen-bond acceptors (Lipinski definition) is 5. The Labute approximate surface area is 168 Å². The molecule has 1 unspecified atom stereocenters. The number of hydrogen-bond donors (Lipinski definition) is 1. The van der Waals surface area contributed by atoms with Crippen LogP contribution in [0, 0.1) is 5.92 Å². The fraction of sp³-hybridized carbons (Fsp3) is 0.286. The fourth-order valence-electron chi connectivity index (χ4n) is 3.51. The molecular weight excluding hydrogens is 376 g/mol. The molecule has 28 heavy (non-hydrogen) atoms. The molecule has 0 spiro atoms. The van der Waals surface area contributed by atoms with Crippen molar-refractivity contribution in [3.8, 4) is 5.88 Å². The van der Waals surface area contributed by atoms with Crippen LogP contribution in [0.3, 0.4) is 0 Å². The predicted octanol–water partition coefficient (Wildman–Crippen LogP) is 4.15. The predicted molar refractivity (Wildman–Crippen MR) is 111 cm³/mol. The lowest BCUT2D eigenvalue weighted by atomic mass is 9.97. The van der Waals surface area contributed by atoms with Gasteiger partial charge in [-0.25, -0.2) is 9.97 Å². The van der Waals surface area contributed by atoms with Gasteiger partial charge < -0.3 is 15.0 Å². The molecule has 0 bridgehead atoms. The van der Waals surface area contributed by atoms with Gasteiger partial charge in [-0.1, -0.05) is 29.8 Å². The van der Waals surface area contributed by atoms with E-state index in [1.54, 1.807) is 19.2 Å². The van der Waals surface area contributed by atoms with Crippen LogP contribution < -0.4 is 15.0 Å². The lowest BCUT2D eigenvalue weighted by Gasteiger charge is -2.33. The number of carbonyl (C=O) groups excluding carboxylic acids is 1. The fourth-order valence-corrected chi connectivity index (χ4v) is 3.70. The molecule has 0 saturated carbocycles. The zero-order valence-electron chi connectivity index (χ0n) is 15.6. The highest BCUT2D eigenvalue weighted by molar-refractivity contribution is 6.30. The molecule has 1 aromatic heterocycles. The van der Waals surface area contributed by atoms with Crippen LogP contribution in [0.1, 0.15) is 12.8 Å². The second-order valence-electron chi connectivity index (χ2n) is 6.83. The first kappa shape index (κ1) is 18.5. The van der Waals surface area contributed by atoms with Crippen LogP contribution in [0.2, 0.25) is 5.02 Å². The summed E-state index contributed by atoms with van der Waals surface area (Å²) in [5.74, 6) is 1.00. The quantitative estimate of drug-likeness (QED) is 0.717. The highest BCUT2D eigenvalue weighted by Crippen LogP contribution is 2.30. The number of rotatable bonds is 4. The standard InChI is InChI=1S/C21H21ClN4O2/c1-28-21-19(24-17-9-2-3-10-18(17)25-21)26-11-5-6-14(13-26)20(27)23-16-8-4-7-15(22)12-16/h2-4,7-10,12,14H,5-6,11,13H2,1H3,(H,23,27). The number of methoxy groups -OCH3 is 1. The van der Waals surface area contributed by atoms with Gasteiger partial charge in [0.25, 0.3) is 5.88 Å². The molecule has 0 radical (unpaired) electrons. The summed E-state index contributed by atoms with van der Waals surface area (Å²) in [5, 5.41) is 3.56. The maximum Gasteiger partial charge on any atom is 0.257 e. The van der Waals surface area contributed by atoms with E-state index in [-0.39, 0.29) is 11.8 Å². The van der Waals surface area contributed by atoms with Crippen molar-refractivity contribution < 1.29 is 9.53 Å². The zero-order valence-corrected chi connectivity index (χ0v) is 16.3. The molecule has 1 saturated heterocycles. The first-order valence-corrected chi connectivity index (χ1v) is 9.64. The number of aromatic nitrogens is 2. The van der Waals surface area contributed by atoms with Crippen LogP contribution in [0.4, 0.5) is 11.5 Å². The molecular formula is C21H21ClN4O2. The topological polar surface area (TPSA) is 67.4 Å². The van der Waals surface area contributed by atoms with Gasteiger partial charge in [-0.3, -0.25) is 4.79 Å². The number of ether oxygens (including phenoxy) is 1. The van der Waals surface area contributed by atoms with E-state index in [4.69, 9.17) is 21.3 Å². The Morgan fingerprint density at radius 3 is 2.71 bits per heavy atom. The highest BCUT2D eigenvalue weighted by Gasteiger charge is 2.29. The molecule has 1 aliphatic heterocycles. The molecule has 6 nitrogen and oxygen atoms in total. The molecule has 0 aliphatic carbocycles. The Morgan fingerprint density at radius 1 is 1.18 bits per heavy atom. The molecule has 3 aromatic rings. The maximum absolute atomic E-state index is 12.8. The van der Waals surface area contributed by atoms with Crippen molar-refractivity contribution in [2.75, 3.05) is 30.4 Å². The molecule has 144 valence electrons. The highest BCUT2D eigenvalue weighted by atomic mass is 35.5. The van der Waals surface area contributed by atoms with Gasteiger partial charge in [0.1, 0.15) is 0 Å². The van der Waals surface area contributed by atoms with Crippen molar-refractivity contribution in [3.05, 3.63) is 53.6 Å². The third-order valence-corrected chi connectivity index (χ3v) is 5.13. The van der Waals surface area contributed by atoms with Crippen molar-refractivity contribution in [1.82, 2.24) is 9.97 Å². The van der Waals surface area contributed by atoms with Gasteiger partial charge in [0.2, 0.25) is 5.91 Å². The average molecular weight is 397 g/mol. The Balaban J connectivity index is 1.55. The Kier molecular flexibility index (Phi) is 5.30. The lowest BCUT2D eigenvalue weighted by molar-refractivity contribution is -0.120. The number of benzene rings is 2. The number of carbonyl (C=O) groups is 1. The molecule has 1 N–H and O–H groups in total. The molecule has 4 rings (SSSR count). The summed E-state index contributed by atoms with van der Waals surface area (Å²) < 4.78 is 5.48. The van der Waals surface area contributed by atoms with E-state index < -0.39 is 0 Å². The summed E-state index contributed by atoms with van der Waals surface area (Å²) in [6.45, 7) is 1.38. The number of amides is 1. The van der Waals surface area contributed by atoms with Gasteiger partial charge in [-0.05, 0) is 43.2 Å². The van der Waals surface area contributed by atoms with E-state index in [1.807, 2.05) is 36.4 Å². The minimum Gasteiger partial charge on any atom is -0.478 e. The van der Waals surface area contributed by atoms with E-state index in [0.29, 0.717) is 29.0 Å².